The summed E-state index contributed by atoms with van der Waals surface area (Å²) in [5.74, 6) is -1.57. The number of benzene rings is 1. The second kappa shape index (κ2) is 8.21. The highest BCUT2D eigenvalue weighted by Gasteiger charge is 2.17. The lowest BCUT2D eigenvalue weighted by molar-refractivity contribution is -0.148. The first kappa shape index (κ1) is 18.4. The van der Waals surface area contributed by atoms with Gasteiger partial charge in [-0.05, 0) is 65.7 Å². The second-order valence-electron chi connectivity index (χ2n) is 5.01. The van der Waals surface area contributed by atoms with E-state index in [9.17, 15) is 14.0 Å². The van der Waals surface area contributed by atoms with Crippen molar-refractivity contribution >= 4 is 50.9 Å². The van der Waals surface area contributed by atoms with Gasteiger partial charge in [0, 0.05) is 16.6 Å². The lowest BCUT2D eigenvalue weighted by Gasteiger charge is -2.12. The topological polar surface area (TPSA) is 55.4 Å². The Morgan fingerprint density at radius 3 is 2.71 bits per heavy atom. The summed E-state index contributed by atoms with van der Waals surface area (Å²) in [5.41, 5.74) is 0.794. The number of ether oxygens (including phenoxy) is 1. The molecule has 1 amide bonds. The summed E-state index contributed by atoms with van der Waals surface area (Å²) >= 11 is 4.79. The van der Waals surface area contributed by atoms with Gasteiger partial charge in [-0.1, -0.05) is 6.07 Å². The summed E-state index contributed by atoms with van der Waals surface area (Å²) < 4.78 is 19.4. The summed E-state index contributed by atoms with van der Waals surface area (Å²) in [6, 6.07) is 8.08. The molecule has 0 fully saturated rings. The van der Waals surface area contributed by atoms with Crippen LogP contribution in [0.25, 0.3) is 6.08 Å². The van der Waals surface area contributed by atoms with E-state index in [4.69, 9.17) is 4.74 Å². The number of esters is 1. The fraction of sp³-hybridized carbons (Fsp3) is 0.176. The van der Waals surface area contributed by atoms with Gasteiger partial charge in [0.25, 0.3) is 5.91 Å². The maximum Gasteiger partial charge on any atom is 0.331 e. The van der Waals surface area contributed by atoms with Crippen molar-refractivity contribution in [1.82, 2.24) is 0 Å². The number of hydrogen-bond acceptors (Lipinski definition) is 4. The highest BCUT2D eigenvalue weighted by atomic mass is 79.9. The molecule has 0 saturated carbocycles. The molecular formula is C17H15BrFNO3S. The number of halogens is 2. The molecule has 2 aromatic rings. The van der Waals surface area contributed by atoms with Crippen LogP contribution in [0.4, 0.5) is 10.1 Å². The lowest BCUT2D eigenvalue weighted by atomic mass is 10.2. The lowest BCUT2D eigenvalue weighted by Crippen LogP contribution is -2.29. The molecule has 1 aromatic heterocycles. The molecule has 0 radical (unpaired) electrons. The van der Waals surface area contributed by atoms with Crippen molar-refractivity contribution < 1.29 is 18.7 Å². The smallest absolute Gasteiger partial charge is 0.331 e. The van der Waals surface area contributed by atoms with Gasteiger partial charge in [0.05, 0.1) is 3.79 Å². The van der Waals surface area contributed by atoms with Crippen molar-refractivity contribution in [3.05, 3.63) is 56.5 Å². The fourth-order valence-electron chi connectivity index (χ4n) is 1.75. The summed E-state index contributed by atoms with van der Waals surface area (Å²) in [5, 5.41) is 2.51. The predicted molar refractivity (Wildman–Crippen MR) is 96.4 cm³/mol. The van der Waals surface area contributed by atoms with Gasteiger partial charge in [0.2, 0.25) is 0 Å². The highest BCUT2D eigenvalue weighted by Crippen LogP contribution is 2.23. The van der Waals surface area contributed by atoms with Crippen LogP contribution in [0.1, 0.15) is 17.4 Å². The summed E-state index contributed by atoms with van der Waals surface area (Å²) in [4.78, 5) is 24.6. The summed E-state index contributed by atoms with van der Waals surface area (Å²) in [6.45, 7) is 3.08. The van der Waals surface area contributed by atoms with Crippen LogP contribution in [0.3, 0.4) is 0 Å². The molecule has 2 rings (SSSR count). The van der Waals surface area contributed by atoms with Crippen molar-refractivity contribution in [2.75, 3.05) is 5.32 Å². The van der Waals surface area contributed by atoms with Crippen molar-refractivity contribution in [3.8, 4) is 0 Å². The SMILES string of the molecule is Cc1ccc(NC(=O)[C@@H](C)OC(=O)/C=C/c2ccc(Br)s2)cc1F. The Balaban J connectivity index is 1.89. The third-order valence-electron chi connectivity index (χ3n) is 3.08. The van der Waals surface area contributed by atoms with E-state index in [0.29, 0.717) is 11.3 Å². The average Bonchev–Trinajstić information content (AvgIpc) is 2.94. The number of anilines is 1. The second-order valence-corrected chi connectivity index (χ2v) is 7.50. The first-order valence-electron chi connectivity index (χ1n) is 7.06. The average molecular weight is 412 g/mol. The van der Waals surface area contributed by atoms with E-state index < -0.39 is 23.8 Å². The molecule has 0 spiro atoms. The van der Waals surface area contributed by atoms with Gasteiger partial charge >= 0.3 is 5.97 Å². The zero-order valence-corrected chi connectivity index (χ0v) is 15.4. The maximum absolute atomic E-state index is 13.5. The van der Waals surface area contributed by atoms with Crippen LogP contribution in [0.15, 0.2) is 40.2 Å². The quantitative estimate of drug-likeness (QED) is 0.580. The number of carbonyl (C=O) groups excluding carboxylic acids is 2. The van der Waals surface area contributed by atoms with Crippen LogP contribution in [-0.4, -0.2) is 18.0 Å². The molecule has 1 aromatic carbocycles. The van der Waals surface area contributed by atoms with Crippen molar-refractivity contribution in [3.63, 3.8) is 0 Å². The van der Waals surface area contributed by atoms with E-state index >= 15 is 0 Å². The van der Waals surface area contributed by atoms with E-state index in [2.05, 4.69) is 21.2 Å². The van der Waals surface area contributed by atoms with Gasteiger partial charge in [-0.3, -0.25) is 4.79 Å². The molecule has 4 nitrogen and oxygen atoms in total. The Morgan fingerprint density at radius 1 is 1.33 bits per heavy atom. The first-order valence-corrected chi connectivity index (χ1v) is 8.67. The summed E-state index contributed by atoms with van der Waals surface area (Å²) in [7, 11) is 0. The van der Waals surface area contributed by atoms with Crippen molar-refractivity contribution in [2.24, 2.45) is 0 Å². The van der Waals surface area contributed by atoms with Gasteiger partial charge in [-0.2, -0.15) is 0 Å². The standard InChI is InChI=1S/C17H15BrFNO3S/c1-10-3-4-12(9-14(10)19)20-17(22)11(2)23-16(21)8-6-13-5-7-15(18)24-13/h3-9,11H,1-2H3,(H,20,22)/b8-6+/t11-/m1/s1. The minimum atomic E-state index is -0.999. The van der Waals surface area contributed by atoms with Crippen molar-refractivity contribution in [1.29, 1.82) is 0 Å². The minimum Gasteiger partial charge on any atom is -0.449 e. The van der Waals surface area contributed by atoms with Crippen LogP contribution in [-0.2, 0) is 14.3 Å². The molecule has 0 unspecified atom stereocenters. The Kier molecular flexibility index (Phi) is 6.28. The largest absolute Gasteiger partial charge is 0.449 e. The molecule has 1 heterocycles. The number of rotatable bonds is 5. The number of amides is 1. The predicted octanol–water partition coefficient (Wildman–Crippen LogP) is 4.54. The number of thiophene rings is 1. The Labute approximate surface area is 151 Å². The molecule has 126 valence electrons. The Hall–Kier alpha value is -1.99. The Bertz CT molecular complexity index is 788. The third-order valence-corrected chi connectivity index (χ3v) is 4.67. The zero-order valence-electron chi connectivity index (χ0n) is 13.0. The van der Waals surface area contributed by atoms with Crippen LogP contribution < -0.4 is 5.32 Å². The fourth-order valence-corrected chi connectivity index (χ4v) is 3.08. The molecule has 0 aliphatic rings. The molecular weight excluding hydrogens is 397 g/mol. The minimum absolute atomic E-state index is 0.310. The van der Waals surface area contributed by atoms with Crippen LogP contribution in [0.5, 0.6) is 0 Å². The molecule has 0 aliphatic carbocycles. The van der Waals surface area contributed by atoms with Crippen molar-refractivity contribution in [2.45, 2.75) is 20.0 Å². The number of hydrogen-bond donors (Lipinski definition) is 1. The van der Waals surface area contributed by atoms with Gasteiger partial charge < -0.3 is 10.1 Å². The van der Waals surface area contributed by atoms with E-state index in [1.807, 2.05) is 12.1 Å². The van der Waals surface area contributed by atoms with Crippen LogP contribution in [0, 0.1) is 12.7 Å². The highest BCUT2D eigenvalue weighted by molar-refractivity contribution is 9.11. The molecule has 1 N–H and O–H groups in total. The number of nitrogens with one attached hydrogen (secondary N) is 1. The molecule has 7 heteroatoms. The van der Waals surface area contributed by atoms with E-state index in [1.54, 1.807) is 25.1 Å². The first-order chi connectivity index (χ1) is 11.3. The normalized spacial score (nSPS) is 12.2. The number of aryl methyl sites for hydroxylation is 1. The van der Waals surface area contributed by atoms with E-state index in [0.717, 1.165) is 8.66 Å². The zero-order chi connectivity index (χ0) is 17.7. The van der Waals surface area contributed by atoms with Gasteiger partial charge in [0.1, 0.15) is 5.82 Å². The Morgan fingerprint density at radius 2 is 2.08 bits per heavy atom. The van der Waals surface area contributed by atoms with Gasteiger partial charge in [0.15, 0.2) is 6.10 Å². The molecule has 0 aliphatic heterocycles. The molecule has 1 atom stereocenters. The number of carbonyl (C=O) groups is 2. The van der Waals surface area contributed by atoms with Gasteiger partial charge in [-0.25, -0.2) is 9.18 Å². The molecule has 0 bridgehead atoms. The van der Waals surface area contributed by atoms with E-state index in [-0.39, 0.29) is 0 Å². The monoisotopic (exact) mass is 411 g/mol. The molecule has 0 saturated heterocycles. The van der Waals surface area contributed by atoms with Crippen LogP contribution >= 0.6 is 27.3 Å². The van der Waals surface area contributed by atoms with Gasteiger partial charge in [-0.15, -0.1) is 11.3 Å². The molecule has 24 heavy (non-hydrogen) atoms. The maximum atomic E-state index is 13.5. The third kappa shape index (κ3) is 5.28. The van der Waals surface area contributed by atoms with Crippen LogP contribution in [0.2, 0.25) is 0 Å². The van der Waals surface area contributed by atoms with E-state index in [1.165, 1.54) is 30.4 Å². The summed E-state index contributed by atoms with van der Waals surface area (Å²) in [6.07, 6.45) is 1.87.